The van der Waals surface area contributed by atoms with Crippen LogP contribution in [-0.2, 0) is 4.79 Å². The van der Waals surface area contributed by atoms with Gasteiger partial charge in [0.1, 0.15) is 0 Å². The van der Waals surface area contributed by atoms with Crippen molar-refractivity contribution in [3.05, 3.63) is 0 Å². The van der Waals surface area contributed by atoms with Crippen LogP contribution in [0.1, 0.15) is 71.1 Å². The quantitative estimate of drug-likeness (QED) is 0.222. The van der Waals surface area contributed by atoms with Crippen LogP contribution in [0.25, 0.3) is 0 Å². The number of hydroxylamine groups is 2. The molecule has 0 bridgehead atoms. The molecule has 0 aromatic rings. The Balaban J connectivity index is 3.68. The molecule has 1 amide bonds. The zero-order chi connectivity index (χ0) is 17.7. The summed E-state index contributed by atoms with van der Waals surface area (Å²) in [6.07, 6.45) is 11.6. The largest absolute Gasteiger partial charge is 0.347 e. The van der Waals surface area contributed by atoms with Gasteiger partial charge in [-0.2, -0.15) is 0 Å². The highest BCUT2D eigenvalue weighted by atomic mass is 16.5. The Bertz CT molecular complexity index is 303. The molecule has 0 aliphatic heterocycles. The summed E-state index contributed by atoms with van der Waals surface area (Å²) in [6, 6.07) is -0.316. The smallest absolute Gasteiger partial charge is 0.303 e. The molecule has 138 valence electrons. The summed E-state index contributed by atoms with van der Waals surface area (Å²) < 4.78 is 0.841. The normalized spacial score (nSPS) is 13.1. The van der Waals surface area contributed by atoms with Crippen molar-refractivity contribution in [1.82, 2.24) is 5.06 Å². The van der Waals surface area contributed by atoms with Crippen LogP contribution < -0.4 is 5.73 Å². The van der Waals surface area contributed by atoms with E-state index in [4.69, 9.17) is 0 Å². The summed E-state index contributed by atoms with van der Waals surface area (Å²) in [4.78, 5) is 12.0. The number of carbonyl (C=O) groups excluding carboxylic acids is 1. The van der Waals surface area contributed by atoms with Gasteiger partial charge in [-0.1, -0.05) is 51.9 Å². The van der Waals surface area contributed by atoms with Crippen LogP contribution in [0.2, 0.25) is 0 Å². The minimum Gasteiger partial charge on any atom is -0.347 e. The zero-order valence-corrected chi connectivity index (χ0v) is 16.0. The van der Waals surface area contributed by atoms with Gasteiger partial charge in [0.05, 0.1) is 34.2 Å². The van der Waals surface area contributed by atoms with Crippen LogP contribution in [0.15, 0.2) is 0 Å². The predicted molar refractivity (Wildman–Crippen MR) is 94.9 cm³/mol. The van der Waals surface area contributed by atoms with E-state index >= 15 is 0 Å². The summed E-state index contributed by atoms with van der Waals surface area (Å²) in [5.74, 6) is -0.227. The third-order valence-corrected chi connectivity index (χ3v) is 4.21. The summed E-state index contributed by atoms with van der Waals surface area (Å²) in [5, 5.41) is 10.7. The van der Waals surface area contributed by atoms with Crippen molar-refractivity contribution >= 4 is 5.91 Å². The first-order chi connectivity index (χ1) is 10.8. The van der Waals surface area contributed by atoms with E-state index in [-0.39, 0.29) is 11.9 Å². The Morgan fingerprint density at radius 1 is 1.00 bits per heavy atom. The molecule has 0 saturated carbocycles. The molecule has 0 aliphatic carbocycles. The first kappa shape index (κ1) is 22.4. The van der Waals surface area contributed by atoms with Crippen LogP contribution in [0.4, 0.5) is 0 Å². The maximum Gasteiger partial charge on any atom is 0.303 e. The minimum atomic E-state index is -0.316. The molecule has 0 rings (SSSR count). The average Bonchev–Trinajstić information content (AvgIpc) is 2.47. The second kappa shape index (κ2) is 12.7. The lowest BCUT2D eigenvalue weighted by Gasteiger charge is -2.25. The molecule has 23 heavy (non-hydrogen) atoms. The lowest BCUT2D eigenvalue weighted by molar-refractivity contribution is -0.870. The predicted octanol–water partition coefficient (Wildman–Crippen LogP) is 2.44. The Morgan fingerprint density at radius 2 is 1.52 bits per heavy atom. The molecule has 0 aromatic heterocycles. The molecule has 0 spiro atoms. The van der Waals surface area contributed by atoms with Gasteiger partial charge in [0, 0.05) is 12.8 Å². The number of carbonyl (C=O) groups is 1. The third-order valence-electron chi connectivity index (χ3n) is 4.21. The fraction of sp³-hybridized carbons (Fsp3) is 0.944. The molecule has 5 nitrogen and oxygen atoms in total. The van der Waals surface area contributed by atoms with Crippen LogP contribution in [-0.4, -0.2) is 60.9 Å². The second-order valence-electron chi connectivity index (χ2n) is 7.79. The van der Waals surface area contributed by atoms with Gasteiger partial charge in [-0.3, -0.25) is 10.0 Å². The first-order valence-corrected chi connectivity index (χ1v) is 9.41. The van der Waals surface area contributed by atoms with E-state index in [1.54, 1.807) is 0 Å². The number of nitrogens with zero attached hydrogens (tertiary/aromatic N) is 2. The molecule has 0 radical (unpaired) electrons. The Hall–Kier alpha value is -0.650. The summed E-state index contributed by atoms with van der Waals surface area (Å²) >= 11 is 0. The summed E-state index contributed by atoms with van der Waals surface area (Å²) in [6.45, 7) is 3.57. The first-order valence-electron chi connectivity index (χ1n) is 9.41. The standard InChI is InChI=1S/C18H40N3O2/c1-5-6-7-8-9-10-11-12-14-17(19)18(22)20(23)15-13-16-21(2,3)4/h17,23H,5-16,19H2,1-4H3/q+1/p+1. The van der Waals surface area contributed by atoms with Crippen molar-refractivity contribution in [2.75, 3.05) is 34.2 Å². The van der Waals surface area contributed by atoms with E-state index in [0.29, 0.717) is 6.54 Å². The van der Waals surface area contributed by atoms with Gasteiger partial charge in [-0.25, -0.2) is 5.06 Å². The molecule has 0 aliphatic rings. The van der Waals surface area contributed by atoms with Crippen molar-refractivity contribution in [2.45, 2.75) is 77.2 Å². The molecule has 1 unspecified atom stereocenters. The Morgan fingerprint density at radius 3 is 2.04 bits per heavy atom. The topological polar surface area (TPSA) is 68.2 Å². The summed E-state index contributed by atoms with van der Waals surface area (Å²) in [5.41, 5.74) is 3.92. The number of hydrogen-bond donors (Lipinski definition) is 2. The van der Waals surface area contributed by atoms with Gasteiger partial charge in [-0.15, -0.1) is 0 Å². The second-order valence-corrected chi connectivity index (χ2v) is 7.79. The zero-order valence-electron chi connectivity index (χ0n) is 16.0. The maximum absolute atomic E-state index is 12.0. The van der Waals surface area contributed by atoms with Gasteiger partial charge in [0.25, 0.3) is 0 Å². The molecule has 0 heterocycles. The van der Waals surface area contributed by atoms with E-state index in [0.717, 1.165) is 35.4 Å². The average molecular weight is 332 g/mol. The van der Waals surface area contributed by atoms with Gasteiger partial charge < -0.3 is 10.2 Å². The van der Waals surface area contributed by atoms with Crippen molar-refractivity contribution in [3.63, 3.8) is 0 Å². The minimum absolute atomic E-state index is 0.227. The summed E-state index contributed by atoms with van der Waals surface area (Å²) in [7, 11) is 6.32. The molecule has 4 N–H and O–H groups in total. The number of quaternary nitrogens is 2. The maximum atomic E-state index is 12.0. The molecule has 0 aromatic carbocycles. The van der Waals surface area contributed by atoms with Gasteiger partial charge in [-0.05, 0) is 6.42 Å². The molecule has 0 fully saturated rings. The van der Waals surface area contributed by atoms with Crippen LogP contribution in [0, 0.1) is 0 Å². The van der Waals surface area contributed by atoms with Crippen molar-refractivity contribution in [3.8, 4) is 0 Å². The highest BCUT2D eigenvalue weighted by molar-refractivity contribution is 5.79. The van der Waals surface area contributed by atoms with Crippen LogP contribution in [0.3, 0.4) is 0 Å². The number of rotatable bonds is 14. The number of amides is 1. The number of hydrogen-bond acceptors (Lipinski definition) is 2. The SMILES string of the molecule is CCCCCCCCCCC([NH3+])C(=O)N(O)CCC[N+](C)(C)C. The highest BCUT2D eigenvalue weighted by Gasteiger charge is 2.22. The fourth-order valence-electron chi connectivity index (χ4n) is 2.66. The molecular formula is C18H41N3O2+2. The number of unbranched alkanes of at least 4 members (excludes halogenated alkanes) is 7. The fourth-order valence-corrected chi connectivity index (χ4v) is 2.66. The van der Waals surface area contributed by atoms with E-state index in [1.165, 1.54) is 44.9 Å². The van der Waals surface area contributed by atoms with E-state index in [2.05, 4.69) is 33.8 Å². The highest BCUT2D eigenvalue weighted by Crippen LogP contribution is 2.10. The van der Waals surface area contributed by atoms with E-state index in [1.807, 2.05) is 0 Å². The van der Waals surface area contributed by atoms with Crippen molar-refractivity contribution in [1.29, 1.82) is 0 Å². The monoisotopic (exact) mass is 331 g/mol. The Labute approximate surface area is 143 Å². The molecule has 1 atom stereocenters. The lowest BCUT2D eigenvalue weighted by atomic mass is 10.0. The van der Waals surface area contributed by atoms with E-state index < -0.39 is 0 Å². The van der Waals surface area contributed by atoms with Crippen LogP contribution in [0.5, 0.6) is 0 Å². The van der Waals surface area contributed by atoms with Crippen molar-refractivity contribution in [2.24, 2.45) is 0 Å². The third kappa shape index (κ3) is 13.5. The van der Waals surface area contributed by atoms with Gasteiger partial charge in [0.2, 0.25) is 0 Å². The molecule has 5 heteroatoms. The lowest BCUT2D eigenvalue weighted by Crippen LogP contribution is -2.67. The van der Waals surface area contributed by atoms with Gasteiger partial charge in [0.15, 0.2) is 6.04 Å². The Kier molecular flexibility index (Phi) is 12.4. The molecule has 0 saturated heterocycles. The van der Waals surface area contributed by atoms with Gasteiger partial charge >= 0.3 is 5.91 Å². The van der Waals surface area contributed by atoms with Crippen LogP contribution >= 0.6 is 0 Å². The van der Waals surface area contributed by atoms with E-state index in [9.17, 15) is 10.0 Å². The van der Waals surface area contributed by atoms with Crippen molar-refractivity contribution < 1.29 is 20.2 Å². The molecular weight excluding hydrogens is 290 g/mol.